The van der Waals surface area contributed by atoms with Crippen LogP contribution in [-0.4, -0.2) is 17.1 Å². The Labute approximate surface area is 105 Å². The molecule has 0 radical (unpaired) electrons. The van der Waals surface area contributed by atoms with Crippen LogP contribution in [0.3, 0.4) is 0 Å². The zero-order chi connectivity index (χ0) is 12.4. The number of benzene rings is 1. The second-order valence-electron chi connectivity index (χ2n) is 3.81. The molecule has 0 aliphatic rings. The van der Waals surface area contributed by atoms with Gasteiger partial charge in [0.15, 0.2) is 0 Å². The van der Waals surface area contributed by atoms with Crippen molar-refractivity contribution >= 4 is 28.3 Å². The normalized spacial score (nSPS) is 10.8. The number of aryl methyl sites for hydroxylation is 1. The molecule has 1 heterocycles. The number of halogens is 1. The molecule has 2 rings (SSSR count). The molecule has 0 aliphatic heterocycles. The third kappa shape index (κ3) is 2.26. The second-order valence-corrected chi connectivity index (χ2v) is 4.15. The van der Waals surface area contributed by atoms with Crippen LogP contribution in [0.25, 0.3) is 10.9 Å². The van der Waals surface area contributed by atoms with Gasteiger partial charge in [0.2, 0.25) is 5.28 Å². The highest BCUT2D eigenvalue weighted by molar-refractivity contribution is 6.28. The van der Waals surface area contributed by atoms with Crippen molar-refractivity contribution in [3.8, 4) is 5.75 Å². The van der Waals surface area contributed by atoms with E-state index in [0.717, 1.165) is 35.1 Å². The van der Waals surface area contributed by atoms with E-state index in [0.29, 0.717) is 5.82 Å². The summed E-state index contributed by atoms with van der Waals surface area (Å²) in [7, 11) is 1.65. The van der Waals surface area contributed by atoms with Gasteiger partial charge in [-0.1, -0.05) is 13.3 Å². The number of ether oxygens (including phenoxy) is 1. The SMILES string of the molecule is CCCc1cc2nc(Cl)nc(N)c2cc1OC. The number of aromatic nitrogens is 2. The summed E-state index contributed by atoms with van der Waals surface area (Å²) in [5.41, 5.74) is 7.68. The fourth-order valence-corrected chi connectivity index (χ4v) is 2.03. The smallest absolute Gasteiger partial charge is 0.224 e. The van der Waals surface area contributed by atoms with Crippen LogP contribution in [0.5, 0.6) is 5.75 Å². The molecule has 17 heavy (non-hydrogen) atoms. The highest BCUT2D eigenvalue weighted by Crippen LogP contribution is 2.29. The Morgan fingerprint density at radius 3 is 2.76 bits per heavy atom. The van der Waals surface area contributed by atoms with Gasteiger partial charge >= 0.3 is 0 Å². The third-order valence-corrected chi connectivity index (χ3v) is 2.79. The number of fused-ring (bicyclic) bond motifs is 1. The number of nitrogens with two attached hydrogens (primary N) is 1. The molecule has 5 heteroatoms. The van der Waals surface area contributed by atoms with Crippen molar-refractivity contribution in [3.63, 3.8) is 0 Å². The molecule has 1 aromatic carbocycles. The van der Waals surface area contributed by atoms with Crippen LogP contribution in [0.1, 0.15) is 18.9 Å². The molecule has 0 spiro atoms. The molecule has 1 aromatic heterocycles. The minimum atomic E-state index is 0.169. The second kappa shape index (κ2) is 4.75. The molecular weight excluding hydrogens is 238 g/mol. The fourth-order valence-electron chi connectivity index (χ4n) is 1.85. The van der Waals surface area contributed by atoms with Crippen LogP contribution < -0.4 is 10.5 Å². The molecule has 0 saturated carbocycles. The summed E-state index contributed by atoms with van der Waals surface area (Å²) in [6, 6.07) is 3.83. The Bertz CT molecular complexity index is 557. The zero-order valence-corrected chi connectivity index (χ0v) is 10.6. The Morgan fingerprint density at radius 2 is 2.12 bits per heavy atom. The van der Waals surface area contributed by atoms with Gasteiger partial charge in [0.1, 0.15) is 11.6 Å². The molecule has 90 valence electrons. The van der Waals surface area contributed by atoms with E-state index in [1.807, 2.05) is 12.1 Å². The number of nitrogen functional groups attached to an aromatic ring is 1. The quantitative estimate of drug-likeness (QED) is 0.852. The predicted molar refractivity (Wildman–Crippen MR) is 69.5 cm³/mol. The van der Waals surface area contributed by atoms with Crippen LogP contribution in [0.15, 0.2) is 12.1 Å². The summed E-state index contributed by atoms with van der Waals surface area (Å²) in [5.74, 6) is 1.19. The van der Waals surface area contributed by atoms with Crippen LogP contribution >= 0.6 is 11.6 Å². The van der Waals surface area contributed by atoms with Gasteiger partial charge < -0.3 is 10.5 Å². The topological polar surface area (TPSA) is 61.0 Å². The summed E-state index contributed by atoms with van der Waals surface area (Å²) in [5, 5.41) is 0.939. The summed E-state index contributed by atoms with van der Waals surface area (Å²) in [6.07, 6.45) is 1.97. The summed E-state index contributed by atoms with van der Waals surface area (Å²) in [6.45, 7) is 2.12. The van der Waals surface area contributed by atoms with Crippen molar-refractivity contribution in [3.05, 3.63) is 23.0 Å². The number of rotatable bonds is 3. The van der Waals surface area contributed by atoms with Crippen molar-refractivity contribution in [1.82, 2.24) is 9.97 Å². The lowest BCUT2D eigenvalue weighted by atomic mass is 10.1. The van der Waals surface area contributed by atoms with Crippen molar-refractivity contribution < 1.29 is 4.74 Å². The lowest BCUT2D eigenvalue weighted by molar-refractivity contribution is 0.410. The number of anilines is 1. The van der Waals surface area contributed by atoms with E-state index in [2.05, 4.69) is 16.9 Å². The molecule has 0 saturated heterocycles. The van der Waals surface area contributed by atoms with Gasteiger partial charge in [-0.15, -0.1) is 0 Å². The van der Waals surface area contributed by atoms with E-state index in [-0.39, 0.29) is 5.28 Å². The van der Waals surface area contributed by atoms with Gasteiger partial charge in [0.05, 0.1) is 12.6 Å². The molecule has 4 nitrogen and oxygen atoms in total. The number of methoxy groups -OCH3 is 1. The molecule has 2 N–H and O–H groups in total. The monoisotopic (exact) mass is 251 g/mol. The Kier molecular flexibility index (Phi) is 3.33. The van der Waals surface area contributed by atoms with Crippen LogP contribution in [-0.2, 0) is 6.42 Å². The average molecular weight is 252 g/mol. The Balaban J connectivity index is 2.69. The molecule has 2 aromatic rings. The van der Waals surface area contributed by atoms with Gasteiger partial charge in [0, 0.05) is 5.39 Å². The van der Waals surface area contributed by atoms with Gasteiger partial charge in [-0.3, -0.25) is 0 Å². The summed E-state index contributed by atoms with van der Waals surface area (Å²) < 4.78 is 5.35. The van der Waals surface area contributed by atoms with E-state index < -0.39 is 0 Å². The first-order valence-corrected chi connectivity index (χ1v) is 5.83. The number of hydrogen-bond donors (Lipinski definition) is 1. The van der Waals surface area contributed by atoms with E-state index in [4.69, 9.17) is 22.1 Å². The summed E-state index contributed by atoms with van der Waals surface area (Å²) in [4.78, 5) is 8.10. The first-order valence-electron chi connectivity index (χ1n) is 5.45. The van der Waals surface area contributed by atoms with Crippen LogP contribution in [0.2, 0.25) is 5.28 Å². The van der Waals surface area contributed by atoms with Gasteiger partial charge in [-0.2, -0.15) is 0 Å². The van der Waals surface area contributed by atoms with E-state index in [9.17, 15) is 0 Å². The molecule has 0 aliphatic carbocycles. The van der Waals surface area contributed by atoms with E-state index >= 15 is 0 Å². The Hall–Kier alpha value is -1.55. The highest BCUT2D eigenvalue weighted by atomic mass is 35.5. The maximum atomic E-state index is 5.81. The minimum absolute atomic E-state index is 0.169. The average Bonchev–Trinajstić information content (AvgIpc) is 2.28. The first kappa shape index (κ1) is 11.9. The van der Waals surface area contributed by atoms with Gasteiger partial charge in [-0.25, -0.2) is 9.97 Å². The molecular formula is C12H14ClN3O. The number of hydrogen-bond acceptors (Lipinski definition) is 4. The standard InChI is InChI=1S/C12H14ClN3O/c1-3-4-7-5-9-8(6-10(7)17-2)11(14)16-12(13)15-9/h5-6H,3-4H2,1-2H3,(H2,14,15,16). The highest BCUT2D eigenvalue weighted by Gasteiger charge is 2.09. The van der Waals surface area contributed by atoms with Gasteiger partial charge in [0.25, 0.3) is 0 Å². The van der Waals surface area contributed by atoms with E-state index in [1.54, 1.807) is 7.11 Å². The molecule has 0 atom stereocenters. The van der Waals surface area contributed by atoms with Crippen molar-refractivity contribution in [2.45, 2.75) is 19.8 Å². The first-order chi connectivity index (χ1) is 8.15. The minimum Gasteiger partial charge on any atom is -0.496 e. The van der Waals surface area contributed by atoms with Crippen molar-refractivity contribution in [2.75, 3.05) is 12.8 Å². The number of nitrogens with zero attached hydrogens (tertiary/aromatic N) is 2. The van der Waals surface area contributed by atoms with Crippen molar-refractivity contribution in [1.29, 1.82) is 0 Å². The maximum absolute atomic E-state index is 5.81. The van der Waals surface area contributed by atoms with Crippen molar-refractivity contribution in [2.24, 2.45) is 0 Å². The third-order valence-electron chi connectivity index (χ3n) is 2.62. The molecule has 0 amide bonds. The fraction of sp³-hybridized carbons (Fsp3) is 0.333. The summed E-state index contributed by atoms with van der Waals surface area (Å²) >= 11 is 5.79. The van der Waals surface area contributed by atoms with Crippen LogP contribution in [0, 0.1) is 0 Å². The molecule has 0 bridgehead atoms. The lowest BCUT2D eigenvalue weighted by Crippen LogP contribution is -1.98. The maximum Gasteiger partial charge on any atom is 0.224 e. The molecule has 0 unspecified atom stereocenters. The van der Waals surface area contributed by atoms with Crippen LogP contribution in [0.4, 0.5) is 5.82 Å². The Morgan fingerprint density at radius 1 is 1.35 bits per heavy atom. The lowest BCUT2D eigenvalue weighted by Gasteiger charge is -2.10. The molecule has 0 fully saturated rings. The largest absolute Gasteiger partial charge is 0.496 e. The van der Waals surface area contributed by atoms with E-state index in [1.165, 1.54) is 0 Å². The predicted octanol–water partition coefficient (Wildman–Crippen LogP) is 2.83. The van der Waals surface area contributed by atoms with Gasteiger partial charge in [-0.05, 0) is 35.7 Å². The zero-order valence-electron chi connectivity index (χ0n) is 9.83.